The number of aromatic nitrogens is 1. The molecule has 1 amide bonds. The van der Waals surface area contributed by atoms with Crippen molar-refractivity contribution in [2.75, 3.05) is 20.3 Å². The topological polar surface area (TPSA) is 34.5 Å². The van der Waals surface area contributed by atoms with Gasteiger partial charge in [-0.2, -0.15) is 0 Å². The SMILES string of the molecule is COCCN(Cc1cccn1Cc1ccc(C)cc1)C(=O)C1CC1. The van der Waals surface area contributed by atoms with Crippen molar-refractivity contribution in [2.45, 2.75) is 32.9 Å². The number of hydrogen-bond acceptors (Lipinski definition) is 2. The fourth-order valence-electron chi connectivity index (χ4n) is 2.89. The maximum atomic E-state index is 12.5. The van der Waals surface area contributed by atoms with E-state index in [4.69, 9.17) is 4.74 Å². The Kier molecular flexibility index (Phi) is 5.36. The lowest BCUT2D eigenvalue weighted by atomic mass is 10.1. The molecule has 1 aliphatic carbocycles. The number of nitrogens with zero attached hydrogens (tertiary/aromatic N) is 2. The van der Waals surface area contributed by atoms with Crippen LogP contribution in [0.1, 0.15) is 29.7 Å². The molecule has 0 N–H and O–H groups in total. The first-order chi connectivity index (χ1) is 11.7. The molecule has 0 bridgehead atoms. The maximum absolute atomic E-state index is 12.5. The Labute approximate surface area is 144 Å². The molecule has 1 aromatic carbocycles. The highest BCUT2D eigenvalue weighted by atomic mass is 16.5. The van der Waals surface area contributed by atoms with Crippen molar-refractivity contribution in [3.63, 3.8) is 0 Å². The molecule has 0 saturated heterocycles. The molecule has 24 heavy (non-hydrogen) atoms. The third-order valence-electron chi connectivity index (χ3n) is 4.55. The summed E-state index contributed by atoms with van der Waals surface area (Å²) in [5.74, 6) is 0.512. The quantitative estimate of drug-likeness (QED) is 0.746. The van der Waals surface area contributed by atoms with E-state index in [9.17, 15) is 4.79 Å². The number of ether oxygens (including phenoxy) is 1. The molecule has 0 radical (unpaired) electrons. The molecule has 2 aromatic rings. The highest BCUT2D eigenvalue weighted by Gasteiger charge is 2.33. The van der Waals surface area contributed by atoms with E-state index >= 15 is 0 Å². The van der Waals surface area contributed by atoms with Crippen LogP contribution in [0.5, 0.6) is 0 Å². The summed E-state index contributed by atoms with van der Waals surface area (Å²) < 4.78 is 7.41. The highest BCUT2D eigenvalue weighted by Crippen LogP contribution is 2.31. The summed E-state index contributed by atoms with van der Waals surface area (Å²) >= 11 is 0. The molecular formula is C20H26N2O2. The summed E-state index contributed by atoms with van der Waals surface area (Å²) in [5.41, 5.74) is 3.71. The minimum Gasteiger partial charge on any atom is -0.383 e. The van der Waals surface area contributed by atoms with Crippen molar-refractivity contribution < 1.29 is 9.53 Å². The first-order valence-corrected chi connectivity index (χ1v) is 8.64. The molecule has 0 atom stereocenters. The van der Waals surface area contributed by atoms with Gasteiger partial charge in [0.25, 0.3) is 0 Å². The fraction of sp³-hybridized carbons (Fsp3) is 0.450. The average Bonchev–Trinajstić information content (AvgIpc) is 3.35. The Morgan fingerprint density at radius 3 is 2.67 bits per heavy atom. The first kappa shape index (κ1) is 16.8. The molecule has 0 unspecified atom stereocenters. The molecule has 0 aliphatic heterocycles. The molecule has 1 fully saturated rings. The van der Waals surface area contributed by atoms with E-state index in [0.29, 0.717) is 19.7 Å². The molecule has 1 saturated carbocycles. The number of aryl methyl sites for hydroxylation is 1. The number of amides is 1. The van der Waals surface area contributed by atoms with Crippen LogP contribution in [0.3, 0.4) is 0 Å². The van der Waals surface area contributed by atoms with Gasteiger partial charge in [-0.25, -0.2) is 0 Å². The van der Waals surface area contributed by atoms with Crippen molar-refractivity contribution in [3.05, 3.63) is 59.4 Å². The van der Waals surface area contributed by atoms with Gasteiger partial charge in [-0.05, 0) is 37.5 Å². The van der Waals surface area contributed by atoms with Gasteiger partial charge in [0.2, 0.25) is 5.91 Å². The van der Waals surface area contributed by atoms with E-state index in [1.807, 2.05) is 4.90 Å². The van der Waals surface area contributed by atoms with Crippen LogP contribution in [0.2, 0.25) is 0 Å². The highest BCUT2D eigenvalue weighted by molar-refractivity contribution is 5.81. The molecule has 128 valence electrons. The van der Waals surface area contributed by atoms with E-state index in [1.165, 1.54) is 16.8 Å². The predicted octanol–water partition coefficient (Wildman–Crippen LogP) is 3.23. The third-order valence-corrected chi connectivity index (χ3v) is 4.55. The van der Waals surface area contributed by atoms with Crippen molar-refractivity contribution in [1.29, 1.82) is 0 Å². The predicted molar refractivity (Wildman–Crippen MR) is 94.7 cm³/mol. The Balaban J connectivity index is 1.70. The molecule has 3 rings (SSSR count). The second-order valence-corrected chi connectivity index (χ2v) is 6.64. The summed E-state index contributed by atoms with van der Waals surface area (Å²) in [6.45, 7) is 4.82. The lowest BCUT2D eigenvalue weighted by Crippen LogP contribution is -2.35. The lowest BCUT2D eigenvalue weighted by Gasteiger charge is -2.23. The maximum Gasteiger partial charge on any atom is 0.226 e. The number of carbonyl (C=O) groups excluding carboxylic acids is 1. The fourth-order valence-corrected chi connectivity index (χ4v) is 2.89. The molecule has 4 heteroatoms. The molecular weight excluding hydrogens is 300 g/mol. The summed E-state index contributed by atoms with van der Waals surface area (Å²) in [5, 5.41) is 0. The van der Waals surface area contributed by atoms with Crippen molar-refractivity contribution in [3.8, 4) is 0 Å². The summed E-state index contributed by atoms with van der Waals surface area (Å²) in [4.78, 5) is 14.5. The van der Waals surface area contributed by atoms with Crippen LogP contribution in [0.4, 0.5) is 0 Å². The number of hydrogen-bond donors (Lipinski definition) is 0. The second kappa shape index (κ2) is 7.67. The molecule has 1 aromatic heterocycles. The van der Waals surface area contributed by atoms with Crippen LogP contribution < -0.4 is 0 Å². The van der Waals surface area contributed by atoms with Gasteiger partial charge in [0.05, 0.1) is 13.2 Å². The Bertz CT molecular complexity index is 671. The average molecular weight is 326 g/mol. The van der Waals surface area contributed by atoms with Crippen molar-refractivity contribution in [1.82, 2.24) is 9.47 Å². The number of benzene rings is 1. The third kappa shape index (κ3) is 4.26. The second-order valence-electron chi connectivity index (χ2n) is 6.64. The number of carbonyl (C=O) groups is 1. The zero-order valence-corrected chi connectivity index (χ0v) is 14.6. The normalized spacial score (nSPS) is 13.9. The van der Waals surface area contributed by atoms with Gasteiger partial charge < -0.3 is 14.2 Å². The molecule has 1 heterocycles. The minimum absolute atomic E-state index is 0.238. The molecule has 1 aliphatic rings. The van der Waals surface area contributed by atoms with Gasteiger partial charge in [0, 0.05) is 38.0 Å². The van der Waals surface area contributed by atoms with Gasteiger partial charge in [-0.3, -0.25) is 4.79 Å². The lowest BCUT2D eigenvalue weighted by molar-refractivity contribution is -0.133. The molecule has 0 spiro atoms. The minimum atomic E-state index is 0.238. The van der Waals surface area contributed by atoms with E-state index in [1.54, 1.807) is 7.11 Å². The summed E-state index contributed by atoms with van der Waals surface area (Å²) in [6, 6.07) is 12.8. The van der Waals surface area contributed by atoms with Gasteiger partial charge in [-0.15, -0.1) is 0 Å². The van der Waals surface area contributed by atoms with Gasteiger partial charge in [0.15, 0.2) is 0 Å². The first-order valence-electron chi connectivity index (χ1n) is 8.64. The van der Waals surface area contributed by atoms with E-state index in [-0.39, 0.29) is 11.8 Å². The zero-order valence-electron chi connectivity index (χ0n) is 14.6. The van der Waals surface area contributed by atoms with Crippen LogP contribution >= 0.6 is 0 Å². The van der Waals surface area contributed by atoms with E-state index < -0.39 is 0 Å². The number of rotatable bonds is 8. The number of methoxy groups -OCH3 is 1. The Morgan fingerprint density at radius 1 is 1.25 bits per heavy atom. The standard InChI is InChI=1S/C20H26N2O2/c1-16-5-7-17(8-6-16)14-21-11-3-4-19(21)15-22(12-13-24-2)20(23)18-9-10-18/h3-8,11,18H,9-10,12-15H2,1-2H3. The Hall–Kier alpha value is -2.07. The Morgan fingerprint density at radius 2 is 2.00 bits per heavy atom. The summed E-state index contributed by atoms with van der Waals surface area (Å²) in [7, 11) is 1.68. The largest absolute Gasteiger partial charge is 0.383 e. The van der Waals surface area contributed by atoms with E-state index in [0.717, 1.165) is 19.4 Å². The van der Waals surface area contributed by atoms with Crippen LogP contribution in [0.25, 0.3) is 0 Å². The van der Waals surface area contributed by atoms with Crippen LogP contribution in [0.15, 0.2) is 42.6 Å². The van der Waals surface area contributed by atoms with Gasteiger partial charge in [-0.1, -0.05) is 29.8 Å². The van der Waals surface area contributed by atoms with Crippen molar-refractivity contribution in [2.24, 2.45) is 5.92 Å². The van der Waals surface area contributed by atoms with Crippen LogP contribution in [-0.4, -0.2) is 35.6 Å². The smallest absolute Gasteiger partial charge is 0.226 e. The van der Waals surface area contributed by atoms with Crippen LogP contribution in [-0.2, 0) is 22.6 Å². The van der Waals surface area contributed by atoms with E-state index in [2.05, 4.69) is 54.1 Å². The molecule has 4 nitrogen and oxygen atoms in total. The van der Waals surface area contributed by atoms with Gasteiger partial charge in [0.1, 0.15) is 0 Å². The van der Waals surface area contributed by atoms with Crippen LogP contribution in [0, 0.1) is 12.8 Å². The monoisotopic (exact) mass is 326 g/mol. The zero-order chi connectivity index (χ0) is 16.9. The summed E-state index contributed by atoms with van der Waals surface area (Å²) in [6.07, 6.45) is 4.16. The van der Waals surface area contributed by atoms with Crippen molar-refractivity contribution >= 4 is 5.91 Å². The van der Waals surface area contributed by atoms with Gasteiger partial charge >= 0.3 is 0 Å².